The molecule has 3 aromatic heterocycles. The number of sulfonamides is 1. The van der Waals surface area contributed by atoms with E-state index in [0.29, 0.717) is 16.5 Å². The van der Waals surface area contributed by atoms with Gasteiger partial charge in [-0.15, -0.1) is 0 Å². The van der Waals surface area contributed by atoms with Crippen LogP contribution in [0.15, 0.2) is 80.9 Å². The smallest absolute Gasteiger partial charge is 0.245 e. The number of halogens is 2. The Balaban J connectivity index is 1.63. The summed E-state index contributed by atoms with van der Waals surface area (Å²) in [6.45, 7) is -0.101. The van der Waals surface area contributed by atoms with Gasteiger partial charge < -0.3 is 8.83 Å². The van der Waals surface area contributed by atoms with Crippen LogP contribution in [0.2, 0.25) is 10.2 Å². The minimum atomic E-state index is -3.92. The predicted octanol–water partition coefficient (Wildman–Crippen LogP) is 5.03. The largest absolute Gasteiger partial charge is 0.468 e. The molecule has 0 amide bonds. The summed E-state index contributed by atoms with van der Waals surface area (Å²) >= 11 is 11.7. The summed E-state index contributed by atoms with van der Waals surface area (Å²) < 4.78 is 38.7. The van der Waals surface area contributed by atoms with Gasteiger partial charge in [-0.3, -0.25) is 0 Å². The van der Waals surface area contributed by atoms with Crippen LogP contribution in [0, 0.1) is 0 Å². The average molecular weight is 464 g/mol. The number of furan rings is 1. The van der Waals surface area contributed by atoms with Crippen LogP contribution in [-0.2, 0) is 23.1 Å². The van der Waals surface area contributed by atoms with E-state index in [0.717, 1.165) is 5.56 Å². The molecule has 0 fully saturated rings. The summed E-state index contributed by atoms with van der Waals surface area (Å²) in [4.78, 5) is 8.10. The SMILES string of the molecule is O=S(=O)(c1ccc(Cl)nc1)N(Cc1ccco1)Cc1ncc(-c2ccc(Cl)cc2)o1. The minimum absolute atomic E-state index is 0.00272. The minimum Gasteiger partial charge on any atom is -0.468 e. The molecule has 0 aliphatic rings. The van der Waals surface area contributed by atoms with Crippen LogP contribution in [0.5, 0.6) is 0 Å². The summed E-state index contributed by atoms with van der Waals surface area (Å²) in [6, 6.07) is 13.3. The number of hydrogen-bond acceptors (Lipinski definition) is 6. The second kappa shape index (κ2) is 8.61. The van der Waals surface area contributed by atoms with Crippen LogP contribution in [0.1, 0.15) is 11.7 Å². The molecule has 0 saturated carbocycles. The summed E-state index contributed by atoms with van der Waals surface area (Å²) in [5, 5.41) is 0.803. The van der Waals surface area contributed by atoms with Gasteiger partial charge in [0.05, 0.1) is 25.5 Å². The van der Waals surface area contributed by atoms with Crippen LogP contribution in [0.3, 0.4) is 0 Å². The first-order valence-electron chi connectivity index (χ1n) is 8.76. The van der Waals surface area contributed by atoms with Crippen molar-refractivity contribution in [3.63, 3.8) is 0 Å². The highest BCUT2D eigenvalue weighted by molar-refractivity contribution is 7.89. The highest BCUT2D eigenvalue weighted by atomic mass is 35.5. The predicted molar refractivity (Wildman–Crippen MR) is 111 cm³/mol. The van der Waals surface area contributed by atoms with Crippen molar-refractivity contribution >= 4 is 33.2 Å². The number of nitrogens with zero attached hydrogens (tertiary/aromatic N) is 3. The Hall–Kier alpha value is -2.65. The Labute approximate surface area is 182 Å². The van der Waals surface area contributed by atoms with Gasteiger partial charge in [0.2, 0.25) is 15.9 Å². The van der Waals surface area contributed by atoms with E-state index in [1.807, 2.05) is 0 Å². The zero-order valence-corrected chi connectivity index (χ0v) is 17.7. The zero-order chi connectivity index (χ0) is 21.1. The first-order valence-corrected chi connectivity index (χ1v) is 11.0. The lowest BCUT2D eigenvalue weighted by molar-refractivity contribution is 0.326. The van der Waals surface area contributed by atoms with E-state index in [4.69, 9.17) is 32.0 Å². The van der Waals surface area contributed by atoms with Gasteiger partial charge >= 0.3 is 0 Å². The van der Waals surface area contributed by atoms with Crippen molar-refractivity contribution in [1.82, 2.24) is 14.3 Å². The third-order valence-electron chi connectivity index (χ3n) is 4.24. The van der Waals surface area contributed by atoms with Crippen LogP contribution in [-0.4, -0.2) is 22.7 Å². The van der Waals surface area contributed by atoms with Gasteiger partial charge in [0.15, 0.2) is 5.76 Å². The van der Waals surface area contributed by atoms with E-state index in [9.17, 15) is 8.42 Å². The molecule has 0 aliphatic carbocycles. The molecule has 0 aliphatic heterocycles. The van der Waals surface area contributed by atoms with Crippen molar-refractivity contribution in [3.05, 3.63) is 89.0 Å². The molecule has 0 bridgehead atoms. The summed E-state index contributed by atoms with van der Waals surface area (Å²) in [7, 11) is -3.92. The van der Waals surface area contributed by atoms with E-state index >= 15 is 0 Å². The Morgan fingerprint density at radius 1 is 0.933 bits per heavy atom. The molecular weight excluding hydrogens is 449 g/mol. The first kappa shape index (κ1) is 20.6. The maximum absolute atomic E-state index is 13.2. The Kier molecular flexibility index (Phi) is 5.92. The molecule has 30 heavy (non-hydrogen) atoms. The van der Waals surface area contributed by atoms with Gasteiger partial charge in [0, 0.05) is 16.8 Å². The second-order valence-corrected chi connectivity index (χ2v) is 9.06. The van der Waals surface area contributed by atoms with Gasteiger partial charge in [0.25, 0.3) is 0 Å². The molecule has 3 heterocycles. The molecular formula is C20H15Cl2N3O4S. The average Bonchev–Trinajstić information content (AvgIpc) is 3.41. The third-order valence-corrected chi connectivity index (χ3v) is 6.50. The van der Waals surface area contributed by atoms with Gasteiger partial charge in [-0.2, -0.15) is 4.31 Å². The van der Waals surface area contributed by atoms with Gasteiger partial charge in [-0.25, -0.2) is 18.4 Å². The van der Waals surface area contributed by atoms with Crippen molar-refractivity contribution in [2.24, 2.45) is 0 Å². The topological polar surface area (TPSA) is 89.4 Å². The number of aromatic nitrogens is 2. The van der Waals surface area contributed by atoms with E-state index in [2.05, 4.69) is 9.97 Å². The highest BCUT2D eigenvalue weighted by Crippen LogP contribution is 2.25. The molecule has 0 unspecified atom stereocenters. The highest BCUT2D eigenvalue weighted by Gasteiger charge is 2.28. The molecule has 154 valence electrons. The van der Waals surface area contributed by atoms with Crippen molar-refractivity contribution in [2.45, 2.75) is 18.0 Å². The van der Waals surface area contributed by atoms with Gasteiger partial charge in [0.1, 0.15) is 15.8 Å². The van der Waals surface area contributed by atoms with Gasteiger partial charge in [-0.1, -0.05) is 23.2 Å². The van der Waals surface area contributed by atoms with Crippen molar-refractivity contribution in [2.75, 3.05) is 0 Å². The lowest BCUT2D eigenvalue weighted by Crippen LogP contribution is -2.30. The number of benzene rings is 1. The Morgan fingerprint density at radius 3 is 2.40 bits per heavy atom. The number of rotatable bonds is 7. The molecule has 4 aromatic rings. The summed E-state index contributed by atoms with van der Waals surface area (Å²) in [6.07, 6.45) is 4.23. The van der Waals surface area contributed by atoms with Gasteiger partial charge in [-0.05, 0) is 48.5 Å². The van der Waals surface area contributed by atoms with E-state index in [1.165, 1.54) is 28.9 Å². The molecule has 0 spiro atoms. The Morgan fingerprint density at radius 2 is 1.73 bits per heavy atom. The van der Waals surface area contributed by atoms with Crippen molar-refractivity contribution in [3.8, 4) is 11.3 Å². The first-order chi connectivity index (χ1) is 14.4. The molecule has 4 rings (SSSR count). The van der Waals surface area contributed by atoms with Crippen molar-refractivity contribution < 1.29 is 17.3 Å². The molecule has 1 aromatic carbocycles. The van der Waals surface area contributed by atoms with Crippen molar-refractivity contribution in [1.29, 1.82) is 0 Å². The van der Waals surface area contributed by atoms with Crippen LogP contribution < -0.4 is 0 Å². The fourth-order valence-corrected chi connectivity index (χ4v) is 4.29. The molecule has 10 heteroatoms. The fraction of sp³-hybridized carbons (Fsp3) is 0.100. The van der Waals surface area contributed by atoms with Crippen LogP contribution in [0.25, 0.3) is 11.3 Å². The standard InChI is InChI=1S/C20H15Cl2N3O4S/c21-15-5-3-14(4-6-15)18-11-24-20(29-18)13-25(12-16-2-1-9-28-16)30(26,27)17-7-8-19(22)23-10-17/h1-11H,12-13H2. The lowest BCUT2D eigenvalue weighted by atomic mass is 10.2. The molecule has 0 saturated heterocycles. The van der Waals surface area contributed by atoms with E-state index < -0.39 is 10.0 Å². The van der Waals surface area contributed by atoms with E-state index in [1.54, 1.807) is 42.6 Å². The normalized spacial score (nSPS) is 11.8. The quantitative estimate of drug-likeness (QED) is 0.357. The maximum atomic E-state index is 13.2. The Bertz CT molecular complexity index is 1220. The molecule has 7 nitrogen and oxygen atoms in total. The third kappa shape index (κ3) is 4.57. The van der Waals surface area contributed by atoms with E-state index in [-0.39, 0.29) is 29.0 Å². The molecule has 0 atom stereocenters. The van der Waals surface area contributed by atoms with Crippen LogP contribution in [0.4, 0.5) is 0 Å². The van der Waals surface area contributed by atoms with Crippen LogP contribution >= 0.6 is 23.2 Å². The summed E-state index contributed by atoms with van der Waals surface area (Å²) in [5.41, 5.74) is 0.778. The molecule has 0 N–H and O–H groups in total. The fourth-order valence-electron chi connectivity index (χ4n) is 2.75. The monoisotopic (exact) mass is 463 g/mol. The number of hydrogen-bond donors (Lipinski definition) is 0. The summed E-state index contributed by atoms with van der Waals surface area (Å²) in [5.74, 6) is 1.21. The zero-order valence-electron chi connectivity index (χ0n) is 15.4. The maximum Gasteiger partial charge on any atom is 0.245 e. The second-order valence-electron chi connectivity index (χ2n) is 6.29. The number of oxazole rings is 1. The number of pyridine rings is 1. The molecule has 0 radical (unpaired) electrons. The lowest BCUT2D eigenvalue weighted by Gasteiger charge is -2.19.